The van der Waals surface area contributed by atoms with Crippen molar-refractivity contribution in [3.63, 3.8) is 0 Å². The van der Waals surface area contributed by atoms with E-state index in [4.69, 9.17) is 0 Å². The molecule has 0 saturated carbocycles. The van der Waals surface area contributed by atoms with Gasteiger partial charge in [-0.1, -0.05) is 35.5 Å². The molecule has 1 aromatic heterocycles. The van der Waals surface area contributed by atoms with Gasteiger partial charge in [-0.3, -0.25) is 4.79 Å². The number of Topliss-reactive ketones (excluding diaryl/α,β-unsaturated/α-hetero) is 1. The molecule has 0 bridgehead atoms. The molecule has 0 saturated heterocycles. The Labute approximate surface area is 151 Å². The SMILES string of the molecule is Cc1ccc(-n2nnnc2SCC(=O)c2cc(C)c(C)cc2C)cc1. The van der Waals surface area contributed by atoms with Gasteiger partial charge in [0.1, 0.15) is 0 Å². The number of aryl methyl sites for hydroxylation is 4. The summed E-state index contributed by atoms with van der Waals surface area (Å²) in [4.78, 5) is 12.6. The minimum atomic E-state index is 0.0871. The van der Waals surface area contributed by atoms with E-state index in [2.05, 4.69) is 28.5 Å². The third kappa shape index (κ3) is 3.79. The monoisotopic (exact) mass is 352 g/mol. The second-order valence-electron chi connectivity index (χ2n) is 6.17. The molecule has 0 aliphatic rings. The second-order valence-corrected chi connectivity index (χ2v) is 7.11. The lowest BCUT2D eigenvalue weighted by molar-refractivity contribution is 0.102. The predicted octanol–water partition coefficient (Wildman–Crippen LogP) is 3.87. The Balaban J connectivity index is 1.77. The molecule has 0 spiro atoms. The van der Waals surface area contributed by atoms with Crippen LogP contribution >= 0.6 is 11.8 Å². The number of hydrogen-bond donors (Lipinski definition) is 0. The van der Waals surface area contributed by atoms with E-state index in [-0.39, 0.29) is 5.78 Å². The molecular formula is C19H20N4OS. The highest BCUT2D eigenvalue weighted by Gasteiger charge is 2.15. The first-order chi connectivity index (χ1) is 12.0. The summed E-state index contributed by atoms with van der Waals surface area (Å²) in [5.41, 5.74) is 6.16. The minimum Gasteiger partial charge on any atom is -0.293 e. The topological polar surface area (TPSA) is 60.7 Å². The molecule has 0 fully saturated rings. The van der Waals surface area contributed by atoms with Crippen LogP contribution in [0.25, 0.3) is 5.69 Å². The van der Waals surface area contributed by atoms with Gasteiger partial charge in [-0.2, -0.15) is 4.68 Å². The molecule has 6 heteroatoms. The molecule has 1 heterocycles. The van der Waals surface area contributed by atoms with E-state index in [9.17, 15) is 4.79 Å². The van der Waals surface area contributed by atoms with Gasteiger partial charge in [-0.25, -0.2) is 0 Å². The maximum atomic E-state index is 12.6. The third-order valence-corrected chi connectivity index (χ3v) is 5.11. The third-order valence-electron chi connectivity index (χ3n) is 4.19. The van der Waals surface area contributed by atoms with Gasteiger partial charge in [0.05, 0.1) is 11.4 Å². The predicted molar refractivity (Wildman–Crippen MR) is 99.6 cm³/mol. The van der Waals surface area contributed by atoms with Gasteiger partial charge in [0.2, 0.25) is 5.16 Å². The Hall–Kier alpha value is -2.47. The van der Waals surface area contributed by atoms with Crippen LogP contribution < -0.4 is 0 Å². The Bertz CT molecular complexity index is 916. The molecule has 3 rings (SSSR count). The van der Waals surface area contributed by atoms with Gasteiger partial charge in [0.15, 0.2) is 5.78 Å². The number of carbonyl (C=O) groups excluding carboxylic acids is 1. The van der Waals surface area contributed by atoms with Crippen molar-refractivity contribution in [2.45, 2.75) is 32.9 Å². The number of carbonyl (C=O) groups is 1. The lowest BCUT2D eigenvalue weighted by Crippen LogP contribution is -2.07. The average Bonchev–Trinajstić information content (AvgIpc) is 3.05. The number of ketones is 1. The molecule has 128 valence electrons. The van der Waals surface area contributed by atoms with E-state index in [0.717, 1.165) is 22.4 Å². The van der Waals surface area contributed by atoms with Gasteiger partial charge in [0.25, 0.3) is 0 Å². The number of rotatable bonds is 5. The second kappa shape index (κ2) is 7.19. The first-order valence-electron chi connectivity index (χ1n) is 8.05. The number of tetrazole rings is 1. The minimum absolute atomic E-state index is 0.0871. The molecule has 3 aromatic rings. The molecule has 0 aliphatic heterocycles. The van der Waals surface area contributed by atoms with Gasteiger partial charge in [-0.05, 0) is 73.0 Å². The van der Waals surface area contributed by atoms with Crippen LogP contribution in [0.1, 0.15) is 32.6 Å². The zero-order valence-electron chi connectivity index (χ0n) is 14.8. The molecule has 2 aromatic carbocycles. The first kappa shape index (κ1) is 17.4. The van der Waals surface area contributed by atoms with Crippen molar-refractivity contribution in [3.05, 3.63) is 64.2 Å². The summed E-state index contributed by atoms with van der Waals surface area (Å²) >= 11 is 1.35. The quantitative estimate of drug-likeness (QED) is 0.515. The largest absolute Gasteiger partial charge is 0.293 e. The molecule has 0 unspecified atom stereocenters. The maximum Gasteiger partial charge on any atom is 0.214 e. The van der Waals surface area contributed by atoms with E-state index in [1.54, 1.807) is 4.68 Å². The smallest absolute Gasteiger partial charge is 0.214 e. The standard InChI is InChI=1S/C19H20N4OS/c1-12-5-7-16(8-6-12)23-19(20-21-22-23)25-11-18(24)17-10-14(3)13(2)9-15(17)4/h5-10H,11H2,1-4H3. The van der Waals surface area contributed by atoms with Crippen LogP contribution in [-0.4, -0.2) is 31.7 Å². The molecular weight excluding hydrogens is 332 g/mol. The van der Waals surface area contributed by atoms with E-state index in [1.807, 2.05) is 51.1 Å². The first-order valence-corrected chi connectivity index (χ1v) is 9.03. The fourth-order valence-electron chi connectivity index (χ4n) is 2.59. The number of benzene rings is 2. The fourth-order valence-corrected chi connectivity index (χ4v) is 3.36. The van der Waals surface area contributed by atoms with Crippen LogP contribution in [0.3, 0.4) is 0 Å². The van der Waals surface area contributed by atoms with Gasteiger partial charge in [0, 0.05) is 5.56 Å². The number of thioether (sulfide) groups is 1. The lowest BCUT2D eigenvalue weighted by atomic mass is 9.99. The maximum absolute atomic E-state index is 12.6. The van der Waals surface area contributed by atoms with E-state index >= 15 is 0 Å². The van der Waals surface area contributed by atoms with Crippen LogP contribution in [0.2, 0.25) is 0 Å². The van der Waals surface area contributed by atoms with Crippen molar-refractivity contribution >= 4 is 17.5 Å². The lowest BCUT2D eigenvalue weighted by Gasteiger charge is -2.09. The van der Waals surface area contributed by atoms with Gasteiger partial charge in [-0.15, -0.1) is 5.10 Å². The summed E-state index contributed by atoms with van der Waals surface area (Å²) in [7, 11) is 0. The Kier molecular flexibility index (Phi) is 4.99. The van der Waals surface area contributed by atoms with Crippen LogP contribution in [0, 0.1) is 27.7 Å². The Morgan fingerprint density at radius 1 is 1.00 bits per heavy atom. The molecule has 0 atom stereocenters. The van der Waals surface area contributed by atoms with Crippen LogP contribution in [-0.2, 0) is 0 Å². The summed E-state index contributed by atoms with van der Waals surface area (Å²) in [5.74, 6) is 0.388. The zero-order chi connectivity index (χ0) is 18.0. The summed E-state index contributed by atoms with van der Waals surface area (Å²) in [6.45, 7) is 8.09. The van der Waals surface area contributed by atoms with Crippen molar-refractivity contribution in [1.82, 2.24) is 20.2 Å². The molecule has 0 aliphatic carbocycles. The highest BCUT2D eigenvalue weighted by molar-refractivity contribution is 7.99. The van der Waals surface area contributed by atoms with Crippen LogP contribution in [0.5, 0.6) is 0 Å². The Morgan fingerprint density at radius 2 is 1.68 bits per heavy atom. The summed E-state index contributed by atoms with van der Waals surface area (Å²) in [5, 5.41) is 12.4. The molecule has 0 radical (unpaired) electrons. The number of hydrogen-bond acceptors (Lipinski definition) is 5. The van der Waals surface area contributed by atoms with Crippen molar-refractivity contribution in [2.24, 2.45) is 0 Å². The summed E-state index contributed by atoms with van der Waals surface area (Å²) in [6.07, 6.45) is 0. The number of aromatic nitrogens is 4. The number of nitrogens with zero attached hydrogens (tertiary/aromatic N) is 4. The van der Waals surface area contributed by atoms with E-state index in [0.29, 0.717) is 10.9 Å². The van der Waals surface area contributed by atoms with Crippen molar-refractivity contribution < 1.29 is 4.79 Å². The highest BCUT2D eigenvalue weighted by Crippen LogP contribution is 2.22. The van der Waals surface area contributed by atoms with Crippen molar-refractivity contribution in [2.75, 3.05) is 5.75 Å². The highest BCUT2D eigenvalue weighted by atomic mass is 32.2. The van der Waals surface area contributed by atoms with Crippen LogP contribution in [0.15, 0.2) is 41.6 Å². The van der Waals surface area contributed by atoms with Crippen molar-refractivity contribution in [3.8, 4) is 5.69 Å². The van der Waals surface area contributed by atoms with Crippen LogP contribution in [0.4, 0.5) is 0 Å². The summed E-state index contributed by atoms with van der Waals surface area (Å²) < 4.78 is 1.66. The normalized spacial score (nSPS) is 10.9. The van der Waals surface area contributed by atoms with Gasteiger partial charge < -0.3 is 0 Å². The average molecular weight is 352 g/mol. The Morgan fingerprint density at radius 3 is 2.40 bits per heavy atom. The molecule has 0 amide bonds. The van der Waals surface area contributed by atoms with E-state index in [1.165, 1.54) is 22.9 Å². The fraction of sp³-hybridized carbons (Fsp3) is 0.263. The van der Waals surface area contributed by atoms with E-state index < -0.39 is 0 Å². The van der Waals surface area contributed by atoms with Gasteiger partial charge >= 0.3 is 0 Å². The zero-order valence-corrected chi connectivity index (χ0v) is 15.6. The van der Waals surface area contributed by atoms with Crippen molar-refractivity contribution in [1.29, 1.82) is 0 Å². The molecule has 0 N–H and O–H groups in total. The molecule has 5 nitrogen and oxygen atoms in total. The molecule has 25 heavy (non-hydrogen) atoms. The summed E-state index contributed by atoms with van der Waals surface area (Å²) in [6, 6.07) is 12.0.